The van der Waals surface area contributed by atoms with E-state index < -0.39 is 0 Å². The van der Waals surface area contributed by atoms with Gasteiger partial charge in [0.25, 0.3) is 0 Å². The molecule has 1 aliphatic heterocycles. The molecule has 3 atom stereocenters. The van der Waals surface area contributed by atoms with Gasteiger partial charge in [-0.1, -0.05) is 24.1 Å². The highest BCUT2D eigenvalue weighted by molar-refractivity contribution is 6.31. The summed E-state index contributed by atoms with van der Waals surface area (Å²) < 4.78 is 5.43. The van der Waals surface area contributed by atoms with Crippen molar-refractivity contribution in [3.8, 4) is 5.75 Å². The van der Waals surface area contributed by atoms with E-state index in [1.807, 2.05) is 18.2 Å². The van der Waals surface area contributed by atoms with Crippen LogP contribution in [0.5, 0.6) is 5.75 Å². The third-order valence-electron chi connectivity index (χ3n) is 5.02. The molecule has 1 heterocycles. The summed E-state index contributed by atoms with van der Waals surface area (Å²) in [5.74, 6) is 1.64. The summed E-state index contributed by atoms with van der Waals surface area (Å²) in [5, 5.41) is 8.19. The number of benzene rings is 1. The van der Waals surface area contributed by atoms with E-state index in [9.17, 15) is 0 Å². The van der Waals surface area contributed by atoms with Gasteiger partial charge in [0.2, 0.25) is 0 Å². The molecule has 1 aliphatic carbocycles. The fourth-order valence-corrected chi connectivity index (χ4v) is 4.17. The lowest BCUT2D eigenvalue weighted by Crippen LogP contribution is -2.41. The molecule has 0 amide bonds. The maximum Gasteiger partial charge on any atom is 0.124 e. The van der Waals surface area contributed by atoms with Gasteiger partial charge in [-0.05, 0) is 50.3 Å². The molecule has 21 heavy (non-hydrogen) atoms. The number of methoxy groups -OCH3 is 1. The Morgan fingerprint density at radius 2 is 2.19 bits per heavy atom. The molecule has 3 rings (SSSR count). The van der Waals surface area contributed by atoms with Crippen LogP contribution in [0.15, 0.2) is 18.2 Å². The van der Waals surface area contributed by atoms with Crippen LogP contribution in [0.25, 0.3) is 0 Å². The van der Waals surface area contributed by atoms with E-state index in [1.54, 1.807) is 7.11 Å². The second-order valence-corrected chi connectivity index (χ2v) is 6.61. The molecule has 1 saturated carbocycles. The normalized spacial score (nSPS) is 29.0. The van der Waals surface area contributed by atoms with E-state index in [1.165, 1.54) is 38.6 Å². The number of rotatable bonds is 5. The second kappa shape index (κ2) is 6.99. The molecule has 2 aliphatic rings. The molecule has 1 aromatic rings. The second-order valence-electron chi connectivity index (χ2n) is 6.21. The van der Waals surface area contributed by atoms with Crippen molar-refractivity contribution in [3.63, 3.8) is 0 Å². The fourth-order valence-electron chi connectivity index (χ4n) is 3.94. The highest BCUT2D eigenvalue weighted by Gasteiger charge is 2.34. The predicted octanol–water partition coefficient (Wildman–Crippen LogP) is 3.36. The van der Waals surface area contributed by atoms with E-state index >= 15 is 0 Å². The average Bonchev–Trinajstić information content (AvgIpc) is 3.16. The molecular weight excluding hydrogens is 284 g/mol. The van der Waals surface area contributed by atoms with Crippen molar-refractivity contribution >= 4 is 11.6 Å². The van der Waals surface area contributed by atoms with Gasteiger partial charge in [0.15, 0.2) is 0 Å². The zero-order chi connectivity index (χ0) is 14.7. The summed E-state index contributed by atoms with van der Waals surface area (Å²) in [5.41, 5.74) is 1.08. The summed E-state index contributed by atoms with van der Waals surface area (Å²) in [6, 6.07) is 7.16. The standard InChI is InChI=1S/C17H25ClN2O/c1-21-17-9-3-6-14(18)13(17)11-20-16-7-2-5-12(16)15-8-4-10-19-15/h3,6,9,12,15-16,19-20H,2,4-5,7-8,10-11H2,1H3. The van der Waals surface area contributed by atoms with E-state index in [4.69, 9.17) is 16.3 Å². The average molecular weight is 309 g/mol. The minimum atomic E-state index is 0.599. The minimum Gasteiger partial charge on any atom is -0.496 e. The molecule has 1 aromatic carbocycles. The van der Waals surface area contributed by atoms with E-state index in [-0.39, 0.29) is 0 Å². The van der Waals surface area contributed by atoms with Gasteiger partial charge in [0.1, 0.15) is 5.75 Å². The first-order chi connectivity index (χ1) is 10.3. The SMILES string of the molecule is COc1cccc(Cl)c1CNC1CCCC1C1CCCN1. The summed E-state index contributed by atoms with van der Waals surface area (Å²) in [6.07, 6.45) is 6.61. The van der Waals surface area contributed by atoms with Crippen LogP contribution >= 0.6 is 11.6 Å². The highest BCUT2D eigenvalue weighted by Crippen LogP contribution is 2.33. The quantitative estimate of drug-likeness (QED) is 0.875. The van der Waals surface area contributed by atoms with Gasteiger partial charge in [-0.15, -0.1) is 0 Å². The largest absolute Gasteiger partial charge is 0.496 e. The number of ether oxygens (including phenoxy) is 1. The predicted molar refractivity (Wildman–Crippen MR) is 87.0 cm³/mol. The van der Waals surface area contributed by atoms with Crippen molar-refractivity contribution in [3.05, 3.63) is 28.8 Å². The van der Waals surface area contributed by atoms with Gasteiger partial charge in [0.05, 0.1) is 7.11 Å². The minimum absolute atomic E-state index is 0.599. The van der Waals surface area contributed by atoms with Crippen LogP contribution in [0.1, 0.15) is 37.7 Å². The fraction of sp³-hybridized carbons (Fsp3) is 0.647. The number of halogens is 1. The van der Waals surface area contributed by atoms with Crippen molar-refractivity contribution in [2.75, 3.05) is 13.7 Å². The molecule has 2 N–H and O–H groups in total. The zero-order valence-corrected chi connectivity index (χ0v) is 13.5. The molecule has 3 unspecified atom stereocenters. The number of hydrogen-bond acceptors (Lipinski definition) is 3. The van der Waals surface area contributed by atoms with E-state index in [0.29, 0.717) is 12.1 Å². The van der Waals surface area contributed by atoms with Crippen LogP contribution in [0, 0.1) is 5.92 Å². The molecular formula is C17H25ClN2O. The maximum atomic E-state index is 6.32. The van der Waals surface area contributed by atoms with E-state index in [0.717, 1.165) is 28.8 Å². The molecule has 1 saturated heterocycles. The molecule has 4 heteroatoms. The van der Waals surface area contributed by atoms with Crippen LogP contribution in [-0.2, 0) is 6.54 Å². The lowest BCUT2D eigenvalue weighted by atomic mass is 9.93. The topological polar surface area (TPSA) is 33.3 Å². The molecule has 3 nitrogen and oxygen atoms in total. The summed E-state index contributed by atoms with van der Waals surface area (Å²) >= 11 is 6.32. The van der Waals surface area contributed by atoms with Gasteiger partial charge >= 0.3 is 0 Å². The van der Waals surface area contributed by atoms with Gasteiger partial charge in [-0.25, -0.2) is 0 Å². The molecule has 0 aromatic heterocycles. The first-order valence-electron chi connectivity index (χ1n) is 8.07. The Labute approximate surface area is 132 Å². The third-order valence-corrected chi connectivity index (χ3v) is 5.38. The lowest BCUT2D eigenvalue weighted by molar-refractivity contribution is 0.318. The van der Waals surface area contributed by atoms with Crippen molar-refractivity contribution in [2.45, 2.75) is 50.7 Å². The first-order valence-corrected chi connectivity index (χ1v) is 8.45. The smallest absolute Gasteiger partial charge is 0.124 e. The van der Waals surface area contributed by atoms with Crippen molar-refractivity contribution in [1.29, 1.82) is 0 Å². The molecule has 0 bridgehead atoms. The first kappa shape index (κ1) is 15.1. The Balaban J connectivity index is 1.64. The third kappa shape index (κ3) is 3.36. The Morgan fingerprint density at radius 1 is 1.29 bits per heavy atom. The Hall–Kier alpha value is -0.770. The van der Waals surface area contributed by atoms with Crippen LogP contribution < -0.4 is 15.4 Å². The monoisotopic (exact) mass is 308 g/mol. The van der Waals surface area contributed by atoms with Gasteiger partial charge in [-0.3, -0.25) is 0 Å². The highest BCUT2D eigenvalue weighted by atomic mass is 35.5. The van der Waals surface area contributed by atoms with Crippen LogP contribution in [0.4, 0.5) is 0 Å². The van der Waals surface area contributed by atoms with Crippen LogP contribution in [-0.4, -0.2) is 25.7 Å². The van der Waals surface area contributed by atoms with Gasteiger partial charge < -0.3 is 15.4 Å². The van der Waals surface area contributed by atoms with Gasteiger partial charge in [-0.2, -0.15) is 0 Å². The lowest BCUT2D eigenvalue weighted by Gasteiger charge is -2.27. The summed E-state index contributed by atoms with van der Waals surface area (Å²) in [4.78, 5) is 0. The van der Waals surface area contributed by atoms with Crippen LogP contribution in [0.2, 0.25) is 5.02 Å². The van der Waals surface area contributed by atoms with Crippen molar-refractivity contribution in [2.24, 2.45) is 5.92 Å². The number of nitrogens with one attached hydrogen (secondary N) is 2. The molecule has 0 spiro atoms. The van der Waals surface area contributed by atoms with E-state index in [2.05, 4.69) is 10.6 Å². The summed E-state index contributed by atoms with van der Waals surface area (Å²) in [6.45, 7) is 1.98. The van der Waals surface area contributed by atoms with Crippen molar-refractivity contribution < 1.29 is 4.74 Å². The van der Waals surface area contributed by atoms with Crippen LogP contribution in [0.3, 0.4) is 0 Å². The summed E-state index contributed by atoms with van der Waals surface area (Å²) in [7, 11) is 1.70. The number of hydrogen-bond donors (Lipinski definition) is 2. The Kier molecular flexibility index (Phi) is 5.04. The Morgan fingerprint density at radius 3 is 2.95 bits per heavy atom. The maximum absolute atomic E-state index is 6.32. The molecule has 116 valence electrons. The van der Waals surface area contributed by atoms with Gasteiger partial charge in [0, 0.05) is 29.2 Å². The Bertz CT molecular complexity index is 474. The van der Waals surface area contributed by atoms with Crippen molar-refractivity contribution in [1.82, 2.24) is 10.6 Å². The zero-order valence-electron chi connectivity index (χ0n) is 12.7. The molecule has 0 radical (unpaired) electrons. The molecule has 2 fully saturated rings.